The van der Waals surface area contributed by atoms with Crippen LogP contribution in [0.2, 0.25) is 5.02 Å². The molecule has 2 aromatic carbocycles. The Morgan fingerprint density at radius 1 is 1.04 bits per heavy atom. The number of hydrogen-bond donors (Lipinski definition) is 0. The minimum absolute atomic E-state index is 0.0287. The molecule has 4 rings (SSSR count). The van der Waals surface area contributed by atoms with Gasteiger partial charge in [0, 0.05) is 26.2 Å². The van der Waals surface area contributed by atoms with Crippen molar-refractivity contribution >= 4 is 52.4 Å². The molecule has 2 heterocycles. The average Bonchev–Trinajstić information content (AvgIpc) is 2.63. The molecule has 0 N–H and O–H groups in total. The highest BCUT2D eigenvalue weighted by atomic mass is 35.5. The van der Waals surface area contributed by atoms with E-state index in [1.54, 1.807) is 16.7 Å². The fourth-order valence-electron chi connectivity index (χ4n) is 2.95. The van der Waals surface area contributed by atoms with Crippen LogP contribution < -0.4 is 4.90 Å². The maximum Gasteiger partial charge on any atom is 0.242 e. The number of aryl methyl sites for hydroxylation is 2. The monoisotopic (exact) mass is 413 g/mol. The lowest BCUT2D eigenvalue weighted by atomic mass is 10.2. The molecule has 1 aliphatic heterocycles. The average molecular weight is 414 g/mol. The van der Waals surface area contributed by atoms with Crippen molar-refractivity contribution in [1.29, 1.82) is 0 Å². The summed E-state index contributed by atoms with van der Waals surface area (Å²) in [6, 6.07) is 15.5. The summed E-state index contributed by atoms with van der Waals surface area (Å²) in [7, 11) is 0. The third-order valence-electron chi connectivity index (χ3n) is 4.02. The van der Waals surface area contributed by atoms with E-state index in [0.717, 1.165) is 32.6 Å². The van der Waals surface area contributed by atoms with Gasteiger partial charge in [0.25, 0.3) is 0 Å². The second-order valence-corrected chi connectivity index (χ2v) is 8.60. The number of nitrogens with zero attached hydrogens (tertiary/aromatic N) is 3. The zero-order valence-corrected chi connectivity index (χ0v) is 17.2. The molecule has 0 spiro atoms. The van der Waals surface area contributed by atoms with Crippen molar-refractivity contribution in [2.75, 3.05) is 10.7 Å². The lowest BCUT2D eigenvalue weighted by Gasteiger charge is -2.31. The van der Waals surface area contributed by atoms with E-state index in [2.05, 4.69) is 9.97 Å². The van der Waals surface area contributed by atoms with Gasteiger partial charge in [-0.15, -0.1) is 0 Å². The van der Waals surface area contributed by atoms with Crippen molar-refractivity contribution in [3.8, 4) is 0 Å². The molecule has 0 fully saturated rings. The highest BCUT2D eigenvalue weighted by Gasteiger charge is 2.28. The SMILES string of the molecule is Cc1cc(C)nc(SCC(=O)N2c3ccccc3Sc3ccc(Cl)cc32)n1. The molecular weight excluding hydrogens is 398 g/mol. The third-order valence-corrected chi connectivity index (χ3v) is 6.22. The Labute approximate surface area is 171 Å². The summed E-state index contributed by atoms with van der Waals surface area (Å²) in [5, 5.41) is 1.23. The fourth-order valence-corrected chi connectivity index (χ4v) is 4.95. The Morgan fingerprint density at radius 2 is 1.74 bits per heavy atom. The summed E-state index contributed by atoms with van der Waals surface area (Å²) in [4.78, 5) is 25.8. The summed E-state index contributed by atoms with van der Waals surface area (Å²) in [6.07, 6.45) is 0. The van der Waals surface area contributed by atoms with Crippen LogP contribution in [0.5, 0.6) is 0 Å². The molecule has 1 aromatic heterocycles. The summed E-state index contributed by atoms with van der Waals surface area (Å²) in [6.45, 7) is 3.85. The first-order valence-electron chi connectivity index (χ1n) is 8.36. The predicted molar refractivity (Wildman–Crippen MR) is 111 cm³/mol. The van der Waals surface area contributed by atoms with Crippen LogP contribution in [0.1, 0.15) is 11.4 Å². The molecule has 0 radical (unpaired) electrons. The van der Waals surface area contributed by atoms with Gasteiger partial charge in [-0.1, -0.05) is 47.3 Å². The van der Waals surface area contributed by atoms with Crippen LogP contribution >= 0.6 is 35.1 Å². The molecule has 4 nitrogen and oxygen atoms in total. The normalized spacial score (nSPS) is 12.5. The number of hydrogen-bond acceptors (Lipinski definition) is 5. The lowest BCUT2D eigenvalue weighted by molar-refractivity contribution is -0.115. The number of carbonyl (C=O) groups is 1. The Bertz CT molecular complexity index is 1020. The van der Waals surface area contributed by atoms with Gasteiger partial charge in [-0.05, 0) is 50.2 Å². The van der Waals surface area contributed by atoms with Crippen LogP contribution in [0.25, 0.3) is 0 Å². The van der Waals surface area contributed by atoms with Gasteiger partial charge < -0.3 is 0 Å². The first kappa shape index (κ1) is 18.3. The molecular formula is C20H16ClN3OS2. The van der Waals surface area contributed by atoms with Crippen molar-refractivity contribution in [3.05, 3.63) is 64.9 Å². The number of halogens is 1. The minimum Gasteiger partial charge on any atom is -0.278 e. The molecule has 0 bridgehead atoms. The largest absolute Gasteiger partial charge is 0.278 e. The molecule has 7 heteroatoms. The highest BCUT2D eigenvalue weighted by Crippen LogP contribution is 2.48. The van der Waals surface area contributed by atoms with Crippen molar-refractivity contribution in [2.45, 2.75) is 28.8 Å². The van der Waals surface area contributed by atoms with Crippen LogP contribution in [0.15, 0.2) is 63.5 Å². The number of thioether (sulfide) groups is 1. The minimum atomic E-state index is -0.0287. The summed E-state index contributed by atoms with van der Waals surface area (Å²) >= 11 is 9.21. The van der Waals surface area contributed by atoms with E-state index in [-0.39, 0.29) is 11.7 Å². The van der Waals surface area contributed by atoms with E-state index in [9.17, 15) is 4.79 Å². The molecule has 0 aliphatic carbocycles. The Balaban J connectivity index is 1.66. The molecule has 0 unspecified atom stereocenters. The number of fused-ring (bicyclic) bond motifs is 2. The third kappa shape index (κ3) is 3.83. The summed E-state index contributed by atoms with van der Waals surface area (Å²) in [5.74, 6) is 0.215. The number of carbonyl (C=O) groups excluding carboxylic acids is 1. The van der Waals surface area contributed by atoms with Gasteiger partial charge in [-0.25, -0.2) is 9.97 Å². The van der Waals surface area contributed by atoms with E-state index in [4.69, 9.17) is 11.6 Å². The number of amides is 1. The van der Waals surface area contributed by atoms with E-state index >= 15 is 0 Å². The van der Waals surface area contributed by atoms with Crippen molar-refractivity contribution < 1.29 is 4.79 Å². The van der Waals surface area contributed by atoms with Gasteiger partial charge in [0.1, 0.15) is 0 Å². The molecule has 27 heavy (non-hydrogen) atoms. The van der Waals surface area contributed by atoms with E-state index in [0.29, 0.717) is 10.2 Å². The Hall–Kier alpha value is -2.02. The number of benzene rings is 2. The maximum atomic E-state index is 13.2. The second kappa shape index (κ2) is 7.54. The topological polar surface area (TPSA) is 46.1 Å². The van der Waals surface area contributed by atoms with Crippen LogP contribution in [-0.2, 0) is 4.79 Å². The first-order valence-corrected chi connectivity index (χ1v) is 10.5. The summed E-state index contributed by atoms with van der Waals surface area (Å²) < 4.78 is 0. The quantitative estimate of drug-likeness (QED) is 0.409. The maximum absolute atomic E-state index is 13.2. The van der Waals surface area contributed by atoms with Gasteiger partial charge in [0.2, 0.25) is 5.91 Å². The second-order valence-electron chi connectivity index (χ2n) is 6.13. The van der Waals surface area contributed by atoms with Crippen LogP contribution in [-0.4, -0.2) is 21.6 Å². The molecule has 136 valence electrons. The van der Waals surface area contributed by atoms with Crippen LogP contribution in [0, 0.1) is 13.8 Å². The smallest absolute Gasteiger partial charge is 0.242 e. The van der Waals surface area contributed by atoms with Crippen LogP contribution in [0.4, 0.5) is 11.4 Å². The number of aromatic nitrogens is 2. The molecule has 1 amide bonds. The Morgan fingerprint density at radius 3 is 2.52 bits per heavy atom. The first-order chi connectivity index (χ1) is 13.0. The lowest BCUT2D eigenvalue weighted by Crippen LogP contribution is -2.30. The number of anilines is 2. The van der Waals surface area contributed by atoms with Gasteiger partial charge in [0.15, 0.2) is 5.16 Å². The molecule has 0 atom stereocenters. The zero-order chi connectivity index (χ0) is 19.0. The zero-order valence-electron chi connectivity index (χ0n) is 14.8. The van der Waals surface area contributed by atoms with E-state index in [1.165, 1.54) is 11.8 Å². The number of para-hydroxylation sites is 1. The number of rotatable bonds is 3. The molecule has 1 aliphatic rings. The van der Waals surface area contributed by atoms with Crippen molar-refractivity contribution in [3.63, 3.8) is 0 Å². The molecule has 0 saturated heterocycles. The highest BCUT2D eigenvalue weighted by molar-refractivity contribution is 8.00. The van der Waals surface area contributed by atoms with Crippen molar-refractivity contribution in [2.24, 2.45) is 0 Å². The predicted octanol–water partition coefficient (Wildman–Crippen LogP) is 5.67. The van der Waals surface area contributed by atoms with Gasteiger partial charge in [0.05, 0.1) is 17.1 Å². The standard InChI is InChI=1S/C20H16ClN3OS2/c1-12-9-13(2)23-20(22-12)26-11-19(25)24-15-5-3-4-6-17(15)27-18-8-7-14(21)10-16(18)24/h3-10H,11H2,1-2H3. The van der Waals surface area contributed by atoms with Gasteiger partial charge in [-0.3, -0.25) is 9.69 Å². The van der Waals surface area contributed by atoms with Crippen LogP contribution in [0.3, 0.4) is 0 Å². The van der Waals surface area contributed by atoms with E-state index < -0.39 is 0 Å². The van der Waals surface area contributed by atoms with Gasteiger partial charge >= 0.3 is 0 Å². The Kier molecular flexibility index (Phi) is 5.12. The fraction of sp³-hybridized carbons (Fsp3) is 0.150. The molecule has 0 saturated carbocycles. The summed E-state index contributed by atoms with van der Waals surface area (Å²) in [5.41, 5.74) is 3.49. The van der Waals surface area contributed by atoms with Gasteiger partial charge in [-0.2, -0.15) is 0 Å². The van der Waals surface area contributed by atoms with Crippen molar-refractivity contribution in [1.82, 2.24) is 9.97 Å². The van der Waals surface area contributed by atoms with E-state index in [1.807, 2.05) is 62.4 Å². The molecule has 3 aromatic rings.